The predicted octanol–water partition coefficient (Wildman–Crippen LogP) is 22.6. The third-order valence-electron chi connectivity index (χ3n) is 17.7. The van der Waals surface area contributed by atoms with Crippen molar-refractivity contribution in [3.63, 3.8) is 0 Å². The largest absolute Gasteiger partial charge is 0.305 e. The molecule has 5 heterocycles. The first-order valence-corrected chi connectivity index (χ1v) is 31.9. The summed E-state index contributed by atoms with van der Waals surface area (Å²) in [7, 11) is 0. The van der Waals surface area contributed by atoms with Crippen molar-refractivity contribution in [2.24, 2.45) is 0 Å². The van der Waals surface area contributed by atoms with Gasteiger partial charge in [-0.3, -0.25) is 0 Å². The van der Waals surface area contributed by atoms with Crippen LogP contribution in [0.5, 0.6) is 0 Å². The summed E-state index contributed by atoms with van der Waals surface area (Å²) in [5, 5.41) is 14.6. The van der Waals surface area contributed by atoms with Crippen molar-refractivity contribution in [1.82, 2.24) is 24.9 Å². The number of pyridine rings is 5. The number of fused-ring (bicyclic) bond motifs is 7. The molecule has 0 saturated carbocycles. The van der Waals surface area contributed by atoms with E-state index in [1.54, 1.807) is 0 Å². The van der Waals surface area contributed by atoms with Gasteiger partial charge in [0.25, 0.3) is 0 Å². The Bertz CT molecular complexity index is 5480. The number of hydrogen-bond donors (Lipinski definition) is 0. The summed E-state index contributed by atoms with van der Waals surface area (Å²) in [6.45, 7) is 8.76. The van der Waals surface area contributed by atoms with Crippen LogP contribution in [-0.4, -0.2) is 24.9 Å². The van der Waals surface area contributed by atoms with Gasteiger partial charge in [0.15, 0.2) is 0 Å². The van der Waals surface area contributed by atoms with Crippen molar-refractivity contribution in [2.75, 3.05) is 0 Å². The van der Waals surface area contributed by atoms with Gasteiger partial charge in [-0.25, -0.2) is 0 Å². The molecule has 0 amide bonds. The zero-order valence-electron chi connectivity index (χ0n) is 54.9. The van der Waals surface area contributed by atoms with E-state index in [4.69, 9.17) is 4.98 Å². The Morgan fingerprint density at radius 3 is 1.51 bits per heavy atom. The minimum atomic E-state index is 0. The molecule has 0 spiro atoms. The number of aromatic nitrogens is 5. The van der Waals surface area contributed by atoms with Gasteiger partial charge in [-0.15, -0.1) is 159 Å². The average molecular weight is 2180 g/mol. The summed E-state index contributed by atoms with van der Waals surface area (Å²) in [4.78, 5) is 22.8. The first-order valence-electron chi connectivity index (χ1n) is 31.9. The van der Waals surface area contributed by atoms with Gasteiger partial charge < -0.3 is 24.9 Å². The molecule has 1 aliphatic carbocycles. The molecule has 100 heavy (non-hydrogen) atoms. The standard InChI is InChI=1S/C21H14N.C19H12N.C18H14N.C17H14N.C15H10N.5Ir/c1-3-9-16(10-4-1)20-15-22-21(17-11-5-2-6-12-17)19-14-8-7-13-18(19)20;1-2-7-16-13-17(10-9-14(16)5-1)19-18-8-4-3-6-15(18)11-12-20-19;1-18(2)14-8-4-3-7-13(14)17-16-12(10-11-19-17)6-5-9-15(16)18;1-12-10-17(18-11-13(12)2)16-9-5-7-14-6-3-4-8-15(14)16;1-2-8-13-12(6-1)7-5-9-14(13)15-10-3-4-11-16-15;;;;;/h1-11,13-15H;1-9,11-13H;3-6,8-11H,1-2H3;3-8,10-11H,1-2H3;1-8,10-11H;;;;;/q5*-1;;;;;. The summed E-state index contributed by atoms with van der Waals surface area (Å²) in [5.41, 5.74) is 17.9. The normalized spacial score (nSPS) is 11.1. The first kappa shape index (κ1) is 75.4. The van der Waals surface area contributed by atoms with Crippen LogP contribution in [0.15, 0.2) is 316 Å². The second-order valence-electron chi connectivity index (χ2n) is 24.0. The summed E-state index contributed by atoms with van der Waals surface area (Å²) in [5.74, 6) is 0. The molecular formula is C90H64Ir5N5-5. The van der Waals surface area contributed by atoms with Crippen molar-refractivity contribution in [2.45, 2.75) is 33.1 Å². The van der Waals surface area contributed by atoms with Crippen LogP contribution in [0.4, 0.5) is 0 Å². The molecule has 0 unspecified atom stereocenters. The first-order chi connectivity index (χ1) is 46.7. The SMILES string of the molecule is CC1(C)c2ccc[c-]c2-c2nccc3cccc1c23.Cc1cnc(-c2[c-]ccc3ccccc23)cc1C.[Ir].[Ir].[Ir].[Ir].[Ir].[c-]1cc2ccccc2cc1-c1nccc2ccccc12.[c-]1ccc2ccccc2c1-c1ccccn1.[c-]1ccccc1-c1ncc(-c2ccccc2)c2ccccc12. The smallest absolute Gasteiger partial charge is 0.0245 e. The van der Waals surface area contributed by atoms with Crippen LogP contribution in [0, 0.1) is 44.2 Å². The van der Waals surface area contributed by atoms with Crippen LogP contribution in [0.1, 0.15) is 36.1 Å². The Hall–Kier alpha value is -8.80. The van der Waals surface area contributed by atoms with Crippen LogP contribution in [0.25, 0.3) is 132 Å². The second-order valence-corrected chi connectivity index (χ2v) is 24.0. The Labute approximate surface area is 652 Å². The summed E-state index contributed by atoms with van der Waals surface area (Å²) < 4.78 is 0. The fourth-order valence-corrected chi connectivity index (χ4v) is 12.7. The number of benzene rings is 12. The van der Waals surface area contributed by atoms with Crippen LogP contribution in [0.2, 0.25) is 0 Å². The van der Waals surface area contributed by atoms with E-state index in [1.165, 1.54) is 87.1 Å². The molecule has 0 N–H and O–H groups in total. The van der Waals surface area contributed by atoms with E-state index < -0.39 is 0 Å². The second kappa shape index (κ2) is 35.0. The van der Waals surface area contributed by atoms with E-state index in [0.717, 1.165) is 67.2 Å². The van der Waals surface area contributed by atoms with E-state index in [0.29, 0.717) is 0 Å². The van der Waals surface area contributed by atoms with Crippen LogP contribution < -0.4 is 0 Å². The molecule has 18 rings (SSSR count). The van der Waals surface area contributed by atoms with Gasteiger partial charge in [0.1, 0.15) is 0 Å². The van der Waals surface area contributed by atoms with Crippen molar-refractivity contribution < 1.29 is 101 Å². The predicted molar refractivity (Wildman–Crippen MR) is 395 cm³/mol. The maximum Gasteiger partial charge on any atom is 0.0245 e. The molecule has 17 aromatic rings. The molecule has 5 nitrogen and oxygen atoms in total. The fraction of sp³-hybridized carbons (Fsp3) is 0.0556. The molecule has 12 aromatic carbocycles. The van der Waals surface area contributed by atoms with Gasteiger partial charge in [-0.2, -0.15) is 0 Å². The quantitative estimate of drug-likeness (QED) is 0.161. The third kappa shape index (κ3) is 16.3. The molecule has 0 bridgehead atoms. The van der Waals surface area contributed by atoms with Crippen molar-refractivity contribution in [3.8, 4) is 67.4 Å². The van der Waals surface area contributed by atoms with E-state index in [-0.39, 0.29) is 106 Å². The fourth-order valence-electron chi connectivity index (χ4n) is 12.7. The van der Waals surface area contributed by atoms with Gasteiger partial charge in [0, 0.05) is 137 Å². The summed E-state index contributed by atoms with van der Waals surface area (Å²) >= 11 is 0. The average Bonchev–Trinajstić information content (AvgIpc) is 0.724. The molecule has 5 aromatic heterocycles. The zero-order chi connectivity index (χ0) is 64.5. The van der Waals surface area contributed by atoms with Crippen LogP contribution in [-0.2, 0) is 106 Å². The molecule has 0 fully saturated rings. The number of aryl methyl sites for hydroxylation is 2. The van der Waals surface area contributed by atoms with Gasteiger partial charge in [-0.05, 0) is 115 Å². The van der Waals surface area contributed by atoms with Gasteiger partial charge >= 0.3 is 0 Å². The van der Waals surface area contributed by atoms with Gasteiger partial charge in [0.2, 0.25) is 0 Å². The monoisotopic (exact) mass is 2180 g/mol. The van der Waals surface area contributed by atoms with Crippen molar-refractivity contribution >= 4 is 64.6 Å². The Morgan fingerprint density at radius 1 is 0.300 bits per heavy atom. The van der Waals surface area contributed by atoms with Gasteiger partial charge in [0.05, 0.1) is 0 Å². The third-order valence-corrected chi connectivity index (χ3v) is 17.7. The molecule has 0 saturated heterocycles. The summed E-state index contributed by atoms with van der Waals surface area (Å²) in [6.07, 6.45) is 9.46. The van der Waals surface area contributed by atoms with E-state index >= 15 is 0 Å². The molecule has 0 atom stereocenters. The topological polar surface area (TPSA) is 64.5 Å². The van der Waals surface area contributed by atoms with Crippen molar-refractivity contribution in [3.05, 3.63) is 369 Å². The summed E-state index contributed by atoms with van der Waals surface area (Å²) in [6, 6.07) is 114. The zero-order valence-corrected chi connectivity index (χ0v) is 66.9. The maximum absolute atomic E-state index is 4.72. The molecular weight excluding hydrogens is 2110 g/mol. The minimum Gasteiger partial charge on any atom is -0.305 e. The molecule has 0 aliphatic heterocycles. The van der Waals surface area contributed by atoms with Crippen LogP contribution >= 0.6 is 0 Å². The van der Waals surface area contributed by atoms with E-state index in [9.17, 15) is 0 Å². The maximum atomic E-state index is 4.72. The Morgan fingerprint density at radius 2 is 0.840 bits per heavy atom. The van der Waals surface area contributed by atoms with Gasteiger partial charge in [-0.1, -0.05) is 224 Å². The molecule has 499 valence electrons. The Balaban J connectivity index is 0.000000144. The Kier molecular flexibility index (Phi) is 26.4. The molecule has 1 aliphatic rings. The molecule has 5 radical (unpaired) electrons. The minimum absolute atomic E-state index is 0. The van der Waals surface area contributed by atoms with E-state index in [2.05, 4.69) is 272 Å². The number of rotatable bonds is 5. The number of hydrogen-bond acceptors (Lipinski definition) is 5. The van der Waals surface area contributed by atoms with E-state index in [1.807, 2.05) is 122 Å². The van der Waals surface area contributed by atoms with Crippen LogP contribution in [0.3, 0.4) is 0 Å². The molecule has 10 heteroatoms. The number of nitrogens with zero attached hydrogens (tertiary/aromatic N) is 5. The van der Waals surface area contributed by atoms with Crippen molar-refractivity contribution in [1.29, 1.82) is 0 Å².